The van der Waals surface area contributed by atoms with Crippen LogP contribution in [0.4, 0.5) is 4.79 Å². The van der Waals surface area contributed by atoms with Crippen LogP contribution in [0.15, 0.2) is 78.1 Å². The summed E-state index contributed by atoms with van der Waals surface area (Å²) in [6.45, 7) is 2.46. The van der Waals surface area contributed by atoms with E-state index >= 15 is 0 Å². The van der Waals surface area contributed by atoms with Crippen molar-refractivity contribution in [3.8, 4) is 22.4 Å². The topological polar surface area (TPSA) is 109 Å². The van der Waals surface area contributed by atoms with Crippen LogP contribution in [0.25, 0.3) is 38.7 Å². The first kappa shape index (κ1) is 32.4. The van der Waals surface area contributed by atoms with Crippen molar-refractivity contribution in [1.29, 1.82) is 0 Å². The Balaban J connectivity index is 0.946. The van der Waals surface area contributed by atoms with Gasteiger partial charge in [0.25, 0.3) is 0 Å². The van der Waals surface area contributed by atoms with Gasteiger partial charge in [-0.25, -0.2) is 9.78 Å². The normalized spacial score (nSPS) is 20.9. The van der Waals surface area contributed by atoms with Gasteiger partial charge in [-0.3, -0.25) is 9.79 Å². The van der Waals surface area contributed by atoms with Gasteiger partial charge in [0.15, 0.2) is 0 Å². The summed E-state index contributed by atoms with van der Waals surface area (Å²) in [7, 11) is 2.84. The predicted molar refractivity (Wildman–Crippen MR) is 196 cm³/mol. The van der Waals surface area contributed by atoms with Crippen LogP contribution in [0, 0.1) is 5.41 Å². The van der Waals surface area contributed by atoms with Crippen molar-refractivity contribution in [2.75, 3.05) is 20.8 Å². The van der Waals surface area contributed by atoms with Gasteiger partial charge in [0.05, 0.1) is 31.1 Å². The molecule has 0 radical (unpaired) electrons. The molecule has 2 N–H and O–H groups in total. The van der Waals surface area contributed by atoms with E-state index in [-0.39, 0.29) is 17.4 Å². The summed E-state index contributed by atoms with van der Waals surface area (Å²) in [4.78, 5) is 41.1. The molecule has 8 rings (SSSR count). The molecule has 2 amide bonds. The van der Waals surface area contributed by atoms with E-state index in [1.807, 2.05) is 17.3 Å². The third-order valence-electron chi connectivity index (χ3n) is 11.5. The number of ether oxygens (including phenoxy) is 2. The summed E-state index contributed by atoms with van der Waals surface area (Å²) in [5.41, 5.74) is 8.01. The number of methoxy groups -OCH3 is 2. The molecule has 0 unspecified atom stereocenters. The summed E-state index contributed by atoms with van der Waals surface area (Å²) in [5.74, 6) is 1.55. The Bertz CT molecular complexity index is 1990. The molecule has 4 aromatic rings. The molecule has 3 aromatic carbocycles. The number of amides is 2. The third-order valence-corrected chi connectivity index (χ3v) is 11.5. The van der Waals surface area contributed by atoms with Crippen LogP contribution in [0.5, 0.6) is 0 Å². The maximum Gasteiger partial charge on any atom is 0.407 e. The number of aliphatic imine (C=N–C) groups is 1. The highest BCUT2D eigenvalue weighted by Crippen LogP contribution is 2.55. The molecule has 3 heterocycles. The van der Waals surface area contributed by atoms with Gasteiger partial charge in [0.2, 0.25) is 5.91 Å². The van der Waals surface area contributed by atoms with Crippen molar-refractivity contribution in [3.05, 3.63) is 84.4 Å². The second-order valence-electron chi connectivity index (χ2n) is 14.7. The maximum absolute atomic E-state index is 13.9. The second-order valence-corrected chi connectivity index (χ2v) is 14.7. The van der Waals surface area contributed by atoms with Gasteiger partial charge in [-0.15, -0.1) is 0 Å². The van der Waals surface area contributed by atoms with Crippen molar-refractivity contribution >= 4 is 34.1 Å². The molecule has 1 aromatic heterocycles. The number of alkyl carbamates (subject to hydrolysis) is 1. The number of nitrogens with one attached hydrogen (secondary N) is 2. The highest BCUT2D eigenvalue weighted by atomic mass is 16.5. The largest absolute Gasteiger partial charge is 0.453 e. The molecule has 3 atom stereocenters. The molecule has 1 saturated heterocycles. The quantitative estimate of drug-likeness (QED) is 0.188. The zero-order chi connectivity index (χ0) is 34.4. The van der Waals surface area contributed by atoms with E-state index in [1.165, 1.54) is 49.1 Å². The molecule has 1 spiro atoms. The van der Waals surface area contributed by atoms with E-state index in [9.17, 15) is 9.59 Å². The summed E-state index contributed by atoms with van der Waals surface area (Å²) in [5, 5.41) is 5.11. The first-order chi connectivity index (χ1) is 24.3. The van der Waals surface area contributed by atoms with Crippen LogP contribution < -0.4 is 5.32 Å². The number of H-pyrrole nitrogens is 1. The number of fused-ring (bicyclic) bond motifs is 1. The van der Waals surface area contributed by atoms with Crippen molar-refractivity contribution in [1.82, 2.24) is 20.2 Å². The van der Waals surface area contributed by atoms with Crippen LogP contribution >= 0.6 is 0 Å². The minimum absolute atomic E-state index is 0.107. The number of carbonyl (C=O) groups excluding carboxylic acids is 2. The Hall–Kier alpha value is -4.76. The fraction of sp³-hybridized carbons (Fsp3) is 0.415. The number of allylic oxidation sites excluding steroid dienone is 1. The lowest BCUT2D eigenvalue weighted by atomic mass is 9.94. The van der Waals surface area contributed by atoms with Gasteiger partial charge in [-0.2, -0.15) is 0 Å². The zero-order valence-corrected chi connectivity index (χ0v) is 29.1. The minimum atomic E-state index is -0.839. The average molecular weight is 672 g/mol. The van der Waals surface area contributed by atoms with Gasteiger partial charge < -0.3 is 24.7 Å². The van der Waals surface area contributed by atoms with Gasteiger partial charge >= 0.3 is 6.09 Å². The first-order valence-electron chi connectivity index (χ1n) is 18.0. The molecular weight excluding hydrogens is 626 g/mol. The second kappa shape index (κ2) is 13.2. The molecule has 50 heavy (non-hydrogen) atoms. The van der Waals surface area contributed by atoms with Crippen LogP contribution in [0.2, 0.25) is 0 Å². The summed E-state index contributed by atoms with van der Waals surface area (Å²) in [6.07, 6.45) is 11.7. The van der Waals surface area contributed by atoms with Crippen LogP contribution in [-0.4, -0.2) is 71.5 Å². The average Bonchev–Trinajstić information content (AvgIpc) is 3.72. The number of aromatic nitrogens is 2. The minimum Gasteiger partial charge on any atom is -0.453 e. The van der Waals surface area contributed by atoms with Crippen molar-refractivity contribution in [3.63, 3.8) is 0 Å². The van der Waals surface area contributed by atoms with Gasteiger partial charge in [0.1, 0.15) is 11.9 Å². The van der Waals surface area contributed by atoms with Crippen molar-refractivity contribution in [2.45, 2.75) is 82.4 Å². The smallest absolute Gasteiger partial charge is 0.407 e. The highest BCUT2D eigenvalue weighted by molar-refractivity contribution is 6.04. The lowest BCUT2D eigenvalue weighted by molar-refractivity contribution is -0.136. The number of imidazole rings is 1. The first-order valence-corrected chi connectivity index (χ1v) is 18.0. The fourth-order valence-electron chi connectivity index (χ4n) is 8.19. The molecular formula is C41H45N5O4. The van der Waals surface area contributed by atoms with Gasteiger partial charge in [-0.1, -0.05) is 61.4 Å². The zero-order valence-electron chi connectivity index (χ0n) is 29.1. The molecule has 2 aliphatic carbocycles. The van der Waals surface area contributed by atoms with E-state index < -0.39 is 18.2 Å². The Morgan fingerprint density at radius 3 is 2.32 bits per heavy atom. The van der Waals surface area contributed by atoms with Crippen LogP contribution in [0.1, 0.15) is 75.6 Å². The van der Waals surface area contributed by atoms with Crippen LogP contribution in [-0.2, 0) is 14.3 Å². The molecule has 2 aliphatic heterocycles. The standard InChI is InChI=1S/C41H45N5O4/c1-25(49-2)37(45-40(48)50-3)39(47)46-24-41(16-17-41)21-36(46)34-20-33(22-42-34)27-10-8-26(9-11-27)29-12-13-31-19-32(15-14-30(31)18-29)35-23-43-38(44-35)28-6-4-5-7-28/h8-15,18-19,22-23,25,28,36-37H,4-7,16-17,20-21,24H2,1-3H3,(H,43,44)(H,45,48)/t25-,36+,37+/m1/s1. The van der Waals surface area contributed by atoms with E-state index in [1.54, 1.807) is 14.0 Å². The van der Waals surface area contributed by atoms with Crippen molar-refractivity contribution in [2.24, 2.45) is 10.4 Å². The summed E-state index contributed by atoms with van der Waals surface area (Å²) in [6, 6.07) is 21.0. The Morgan fingerprint density at radius 2 is 1.62 bits per heavy atom. The number of hydrogen-bond donors (Lipinski definition) is 2. The Morgan fingerprint density at radius 1 is 0.940 bits per heavy atom. The molecule has 4 aliphatic rings. The fourth-order valence-corrected chi connectivity index (χ4v) is 8.19. The van der Waals surface area contributed by atoms with Crippen molar-refractivity contribution < 1.29 is 19.1 Å². The SMILES string of the molecule is COC(=O)N[C@H](C(=O)N1CC2(CC2)C[C@H]1C1=NC=C(c2ccc(-c3ccc4cc(-c5cnc(C6CCCC6)[nH]5)ccc4c3)cc2)C1)[C@@H](C)OC. The van der Waals surface area contributed by atoms with Gasteiger partial charge in [0, 0.05) is 43.5 Å². The number of aromatic amines is 1. The van der Waals surface area contributed by atoms with E-state index in [2.05, 4.69) is 71.0 Å². The lowest BCUT2D eigenvalue weighted by Crippen LogP contribution is -2.56. The van der Waals surface area contributed by atoms with E-state index in [0.717, 1.165) is 58.8 Å². The molecule has 0 bridgehead atoms. The predicted octanol–water partition coefficient (Wildman–Crippen LogP) is 7.88. The number of nitrogens with zero attached hydrogens (tertiary/aromatic N) is 3. The third kappa shape index (κ3) is 6.23. The summed E-state index contributed by atoms with van der Waals surface area (Å²) < 4.78 is 10.3. The molecule has 2 saturated carbocycles. The Labute approximate surface area is 293 Å². The maximum atomic E-state index is 13.9. The number of hydrogen-bond acceptors (Lipinski definition) is 6. The number of rotatable bonds is 9. The molecule has 258 valence electrons. The number of carbonyl (C=O) groups is 2. The highest BCUT2D eigenvalue weighted by Gasteiger charge is 2.55. The number of benzene rings is 3. The molecule has 9 heteroatoms. The number of likely N-dealkylation sites (tertiary alicyclic amines) is 1. The van der Waals surface area contributed by atoms with E-state index in [0.29, 0.717) is 18.9 Å². The van der Waals surface area contributed by atoms with Crippen LogP contribution in [0.3, 0.4) is 0 Å². The Kier molecular flexibility index (Phi) is 8.55. The van der Waals surface area contributed by atoms with Gasteiger partial charge in [-0.05, 0) is 89.6 Å². The summed E-state index contributed by atoms with van der Waals surface area (Å²) >= 11 is 0. The molecule has 9 nitrogen and oxygen atoms in total. The lowest BCUT2D eigenvalue weighted by Gasteiger charge is -2.31. The monoisotopic (exact) mass is 671 g/mol. The van der Waals surface area contributed by atoms with E-state index in [4.69, 9.17) is 19.5 Å². The molecule has 3 fully saturated rings.